The number of rotatable bonds is 3. The molecule has 0 saturated heterocycles. The van der Waals surface area contributed by atoms with Gasteiger partial charge in [-0.3, -0.25) is 4.40 Å². The van der Waals surface area contributed by atoms with E-state index in [1.807, 2.05) is 0 Å². The summed E-state index contributed by atoms with van der Waals surface area (Å²) in [4.78, 5) is 5.24. The van der Waals surface area contributed by atoms with E-state index in [4.69, 9.17) is 4.98 Å². The van der Waals surface area contributed by atoms with Crippen molar-refractivity contribution < 1.29 is 0 Å². The molecule has 0 atom stereocenters. The van der Waals surface area contributed by atoms with Crippen LogP contribution in [0.3, 0.4) is 0 Å². The van der Waals surface area contributed by atoms with Crippen LogP contribution in [0.5, 0.6) is 0 Å². The number of hydrogen-bond acceptors (Lipinski definition) is 1. The van der Waals surface area contributed by atoms with Crippen LogP contribution in [0.2, 0.25) is 0 Å². The molecule has 0 radical (unpaired) electrons. The van der Waals surface area contributed by atoms with Crippen molar-refractivity contribution in [2.24, 2.45) is 7.05 Å². The molecule has 3 aromatic heterocycles. The summed E-state index contributed by atoms with van der Waals surface area (Å²) in [6, 6.07) is 24.0. The highest BCUT2D eigenvalue weighted by Gasteiger charge is 2.19. The average Bonchev–Trinajstić information content (AvgIpc) is 3.38. The number of para-hydroxylation sites is 1. The molecule has 3 heteroatoms. The Bertz CT molecular complexity index is 1590. The van der Waals surface area contributed by atoms with Crippen LogP contribution in [0.4, 0.5) is 0 Å². The predicted octanol–water partition coefficient (Wildman–Crippen LogP) is 6.92. The highest BCUT2D eigenvalue weighted by molar-refractivity contribution is 6.22. The fraction of sp³-hybridized carbons (Fsp3) is 0.179. The lowest BCUT2D eigenvalue weighted by atomic mass is 9.95. The van der Waals surface area contributed by atoms with E-state index < -0.39 is 0 Å². The Kier molecular flexibility index (Phi) is 3.94. The van der Waals surface area contributed by atoms with Gasteiger partial charge in [0, 0.05) is 35.0 Å². The molecule has 0 spiro atoms. The third-order valence-electron chi connectivity index (χ3n) is 6.70. The van der Waals surface area contributed by atoms with Gasteiger partial charge in [-0.15, -0.1) is 0 Å². The lowest BCUT2D eigenvalue weighted by Gasteiger charge is -2.10. The first kappa shape index (κ1) is 18.2. The summed E-state index contributed by atoms with van der Waals surface area (Å²) >= 11 is 0. The zero-order valence-electron chi connectivity index (χ0n) is 18.2. The monoisotopic (exact) mass is 403 g/mol. The number of hydrogen-bond donors (Lipinski definition) is 0. The van der Waals surface area contributed by atoms with Gasteiger partial charge in [0.25, 0.3) is 0 Å². The zero-order valence-corrected chi connectivity index (χ0v) is 18.2. The third-order valence-corrected chi connectivity index (χ3v) is 6.70. The number of aryl methyl sites for hydroxylation is 3. The van der Waals surface area contributed by atoms with Crippen molar-refractivity contribution in [3.05, 3.63) is 84.1 Å². The van der Waals surface area contributed by atoms with Gasteiger partial charge in [-0.05, 0) is 35.4 Å². The molecule has 0 amide bonds. The maximum Gasteiger partial charge on any atom is 0.147 e. The summed E-state index contributed by atoms with van der Waals surface area (Å²) in [7, 11) is 2.16. The topological polar surface area (TPSA) is 22.2 Å². The number of aromatic nitrogens is 3. The maximum atomic E-state index is 5.24. The van der Waals surface area contributed by atoms with Crippen LogP contribution in [0.1, 0.15) is 25.0 Å². The van der Waals surface area contributed by atoms with Gasteiger partial charge in [-0.2, -0.15) is 0 Å². The standard InChI is InChI=1S/C28H25N3/c1-4-18-11-10-12-19(5-2)25(18)23-17-31-27(29-23)21-14-7-6-13-20(21)26-22-15-8-9-16-24(22)30(3)28(26)31/h6-17H,4-5H2,1-3H3. The predicted molar refractivity (Wildman–Crippen MR) is 131 cm³/mol. The Balaban J connectivity index is 1.84. The van der Waals surface area contributed by atoms with Crippen LogP contribution in [0.15, 0.2) is 72.9 Å². The molecule has 0 unspecified atom stereocenters. The van der Waals surface area contributed by atoms with E-state index in [1.165, 1.54) is 49.4 Å². The van der Waals surface area contributed by atoms with Gasteiger partial charge in [0.2, 0.25) is 0 Å². The van der Waals surface area contributed by atoms with Crippen molar-refractivity contribution in [3.8, 4) is 11.3 Å². The van der Waals surface area contributed by atoms with E-state index in [9.17, 15) is 0 Å². The highest BCUT2D eigenvalue weighted by Crippen LogP contribution is 2.38. The minimum atomic E-state index is 1.00. The zero-order chi connectivity index (χ0) is 21.1. The van der Waals surface area contributed by atoms with Gasteiger partial charge >= 0.3 is 0 Å². The number of imidazole rings is 1. The lowest BCUT2D eigenvalue weighted by molar-refractivity contribution is 0.974. The molecule has 0 aliphatic rings. The fourth-order valence-electron chi connectivity index (χ4n) is 5.25. The quantitative estimate of drug-likeness (QED) is 0.314. The molecule has 0 aliphatic carbocycles. The van der Waals surface area contributed by atoms with Crippen molar-refractivity contribution >= 4 is 38.4 Å². The molecule has 3 aromatic carbocycles. The summed E-state index contributed by atoms with van der Waals surface area (Å²) < 4.78 is 4.61. The van der Waals surface area contributed by atoms with Gasteiger partial charge in [-0.25, -0.2) is 4.98 Å². The molecule has 6 aromatic rings. The van der Waals surface area contributed by atoms with E-state index in [0.29, 0.717) is 0 Å². The Hall–Kier alpha value is -3.59. The second-order valence-electron chi connectivity index (χ2n) is 8.30. The molecular formula is C28H25N3. The van der Waals surface area contributed by atoms with Crippen molar-refractivity contribution in [1.29, 1.82) is 0 Å². The van der Waals surface area contributed by atoms with Crippen LogP contribution in [0.25, 0.3) is 49.6 Å². The first-order valence-electron chi connectivity index (χ1n) is 11.1. The molecule has 0 bridgehead atoms. The summed E-state index contributed by atoms with van der Waals surface area (Å²) in [5.41, 5.74) is 8.55. The van der Waals surface area contributed by atoms with E-state index in [0.717, 1.165) is 24.2 Å². The summed E-state index contributed by atoms with van der Waals surface area (Å²) in [6.07, 6.45) is 4.25. The molecule has 0 fully saturated rings. The number of fused-ring (bicyclic) bond motifs is 8. The van der Waals surface area contributed by atoms with Crippen molar-refractivity contribution in [1.82, 2.24) is 14.0 Å². The fourth-order valence-corrected chi connectivity index (χ4v) is 5.25. The first-order chi connectivity index (χ1) is 15.2. The molecular weight excluding hydrogens is 378 g/mol. The van der Waals surface area contributed by atoms with E-state index in [-0.39, 0.29) is 0 Å². The Morgan fingerprint density at radius 3 is 2.10 bits per heavy atom. The highest BCUT2D eigenvalue weighted by atomic mass is 15.1. The molecule has 0 aliphatic heterocycles. The summed E-state index contributed by atoms with van der Waals surface area (Å²) in [5, 5.41) is 5.05. The normalized spacial score (nSPS) is 12.0. The molecule has 152 valence electrons. The largest absolute Gasteiger partial charge is 0.329 e. The lowest BCUT2D eigenvalue weighted by Crippen LogP contribution is -1.95. The Morgan fingerprint density at radius 1 is 0.742 bits per heavy atom. The smallest absolute Gasteiger partial charge is 0.147 e. The first-order valence-corrected chi connectivity index (χ1v) is 11.1. The van der Waals surface area contributed by atoms with Crippen LogP contribution in [0, 0.1) is 0 Å². The Labute approximate surface area is 181 Å². The molecule has 31 heavy (non-hydrogen) atoms. The average molecular weight is 404 g/mol. The van der Waals surface area contributed by atoms with Crippen molar-refractivity contribution in [2.75, 3.05) is 0 Å². The molecule has 3 heterocycles. The second-order valence-corrected chi connectivity index (χ2v) is 8.30. The number of pyridine rings is 1. The molecule has 0 saturated carbocycles. The molecule has 6 rings (SSSR count). The molecule has 0 N–H and O–H groups in total. The van der Waals surface area contributed by atoms with Crippen LogP contribution < -0.4 is 0 Å². The third kappa shape index (κ3) is 2.43. The maximum absolute atomic E-state index is 5.24. The van der Waals surface area contributed by atoms with Gasteiger partial charge in [0.15, 0.2) is 0 Å². The van der Waals surface area contributed by atoms with Gasteiger partial charge < -0.3 is 4.57 Å². The summed E-state index contributed by atoms with van der Waals surface area (Å²) in [6.45, 7) is 4.46. The van der Waals surface area contributed by atoms with Crippen molar-refractivity contribution in [2.45, 2.75) is 26.7 Å². The summed E-state index contributed by atoms with van der Waals surface area (Å²) in [5.74, 6) is 0. The van der Waals surface area contributed by atoms with Crippen LogP contribution in [-0.2, 0) is 19.9 Å². The van der Waals surface area contributed by atoms with Crippen LogP contribution >= 0.6 is 0 Å². The van der Waals surface area contributed by atoms with Crippen LogP contribution in [-0.4, -0.2) is 14.0 Å². The molecule has 3 nitrogen and oxygen atoms in total. The van der Waals surface area contributed by atoms with E-state index in [2.05, 4.69) is 103 Å². The minimum absolute atomic E-state index is 1.00. The Morgan fingerprint density at radius 2 is 1.39 bits per heavy atom. The van der Waals surface area contributed by atoms with Gasteiger partial charge in [-0.1, -0.05) is 74.5 Å². The number of nitrogens with zero attached hydrogens (tertiary/aromatic N) is 3. The number of benzene rings is 3. The SMILES string of the molecule is CCc1cccc(CC)c1-c1cn2c(n1)c1ccccc1c1c3ccccc3n(C)c12. The van der Waals surface area contributed by atoms with Crippen molar-refractivity contribution in [3.63, 3.8) is 0 Å². The second kappa shape index (κ2) is 6.71. The van der Waals surface area contributed by atoms with Gasteiger partial charge in [0.1, 0.15) is 11.3 Å². The van der Waals surface area contributed by atoms with E-state index >= 15 is 0 Å². The van der Waals surface area contributed by atoms with Gasteiger partial charge in [0.05, 0.1) is 11.2 Å². The van der Waals surface area contributed by atoms with E-state index in [1.54, 1.807) is 0 Å². The minimum Gasteiger partial charge on any atom is -0.329 e.